The predicted molar refractivity (Wildman–Crippen MR) is 120 cm³/mol. The van der Waals surface area contributed by atoms with Crippen LogP contribution in [0, 0.1) is 0 Å². The fraction of sp³-hybridized carbons (Fsp3) is 0.0435. The molecule has 0 aliphatic heterocycles. The molecule has 0 bridgehead atoms. The molecule has 0 aliphatic rings. The largest absolute Gasteiger partial charge is 0.497 e. The first-order chi connectivity index (χ1) is 15.4. The van der Waals surface area contributed by atoms with E-state index in [0.717, 1.165) is 0 Å². The van der Waals surface area contributed by atoms with Crippen LogP contribution in [-0.4, -0.2) is 31.1 Å². The van der Waals surface area contributed by atoms with Gasteiger partial charge < -0.3 is 14.8 Å². The summed E-state index contributed by atoms with van der Waals surface area (Å²) in [5.41, 5.74) is 3.46. The quantitative estimate of drug-likeness (QED) is 0.195. The number of hydrogen-bond donors (Lipinski definition) is 2. The molecule has 0 fully saturated rings. The normalized spacial score (nSPS) is 10.4. The lowest BCUT2D eigenvalue weighted by Gasteiger charge is -2.06. The number of hydrogen-bond acceptors (Lipinski definition) is 6. The van der Waals surface area contributed by atoms with Crippen LogP contribution in [0.15, 0.2) is 77.9 Å². The highest BCUT2D eigenvalue weighted by atomic mass is 35.5. The molecule has 32 heavy (non-hydrogen) atoms. The molecule has 2 N–H and O–H groups in total. The van der Waals surface area contributed by atoms with Crippen molar-refractivity contribution in [3.05, 3.63) is 88.9 Å². The van der Waals surface area contributed by atoms with Gasteiger partial charge in [0.25, 0.3) is 0 Å². The van der Waals surface area contributed by atoms with Gasteiger partial charge in [-0.1, -0.05) is 23.7 Å². The number of benzene rings is 3. The first kappa shape index (κ1) is 22.5. The molecule has 162 valence electrons. The van der Waals surface area contributed by atoms with Crippen LogP contribution < -0.4 is 20.2 Å². The van der Waals surface area contributed by atoms with Crippen molar-refractivity contribution in [1.82, 2.24) is 5.43 Å². The van der Waals surface area contributed by atoms with Crippen molar-refractivity contribution < 1.29 is 23.9 Å². The molecule has 0 radical (unpaired) electrons. The van der Waals surface area contributed by atoms with Crippen molar-refractivity contribution in [3.8, 4) is 11.5 Å². The van der Waals surface area contributed by atoms with Crippen LogP contribution in [0.4, 0.5) is 5.69 Å². The summed E-state index contributed by atoms with van der Waals surface area (Å²) in [7, 11) is 1.54. The molecule has 0 atom stereocenters. The van der Waals surface area contributed by atoms with E-state index in [-0.39, 0.29) is 0 Å². The van der Waals surface area contributed by atoms with Crippen LogP contribution in [0.5, 0.6) is 11.5 Å². The third kappa shape index (κ3) is 6.41. The smallest absolute Gasteiger partial charge is 0.343 e. The maximum Gasteiger partial charge on any atom is 0.343 e. The Kier molecular flexibility index (Phi) is 7.55. The number of methoxy groups -OCH3 is 1. The number of hydrazone groups is 1. The first-order valence-corrected chi connectivity index (χ1v) is 9.68. The van der Waals surface area contributed by atoms with Gasteiger partial charge in [0.15, 0.2) is 0 Å². The Morgan fingerprint density at radius 1 is 0.906 bits per heavy atom. The summed E-state index contributed by atoms with van der Waals surface area (Å²) in [5, 5.41) is 6.69. The Morgan fingerprint density at radius 2 is 1.62 bits per heavy atom. The fourth-order valence-corrected chi connectivity index (χ4v) is 2.61. The zero-order chi connectivity index (χ0) is 22.9. The number of anilines is 1. The Labute approximate surface area is 188 Å². The Hall–Kier alpha value is -4.17. The summed E-state index contributed by atoms with van der Waals surface area (Å²) in [6.07, 6.45) is 1.32. The summed E-state index contributed by atoms with van der Waals surface area (Å²) in [4.78, 5) is 36.0. The second kappa shape index (κ2) is 10.7. The second-order valence-electron chi connectivity index (χ2n) is 6.35. The van der Waals surface area contributed by atoms with Gasteiger partial charge in [-0.2, -0.15) is 5.10 Å². The number of carbonyl (C=O) groups is 3. The number of esters is 1. The molecule has 0 heterocycles. The molecule has 0 spiro atoms. The third-order valence-corrected chi connectivity index (χ3v) is 4.33. The van der Waals surface area contributed by atoms with E-state index < -0.39 is 17.8 Å². The minimum Gasteiger partial charge on any atom is -0.497 e. The van der Waals surface area contributed by atoms with E-state index in [1.165, 1.54) is 13.3 Å². The van der Waals surface area contributed by atoms with Crippen molar-refractivity contribution in [2.75, 3.05) is 12.4 Å². The molecule has 9 heteroatoms. The van der Waals surface area contributed by atoms with Gasteiger partial charge >= 0.3 is 17.8 Å². The van der Waals surface area contributed by atoms with Gasteiger partial charge in [0, 0.05) is 10.7 Å². The predicted octanol–water partition coefficient (Wildman–Crippen LogP) is 3.66. The van der Waals surface area contributed by atoms with Crippen LogP contribution in [0.3, 0.4) is 0 Å². The standard InChI is InChI=1S/C23H18ClN3O5/c1-31-19-11-5-16(6-12-19)23(30)32-20-4-2-3-15(13-20)14-25-27-22(29)21(28)26-18-9-7-17(24)8-10-18/h2-14H,1H3,(H,26,28)(H,27,29). The summed E-state index contributed by atoms with van der Waals surface area (Å²) in [5.74, 6) is -1.44. The average molecular weight is 452 g/mol. The van der Waals surface area contributed by atoms with E-state index in [0.29, 0.717) is 33.3 Å². The van der Waals surface area contributed by atoms with E-state index in [4.69, 9.17) is 21.1 Å². The van der Waals surface area contributed by atoms with Gasteiger partial charge in [-0.05, 0) is 66.2 Å². The number of nitrogens with one attached hydrogen (secondary N) is 2. The highest BCUT2D eigenvalue weighted by molar-refractivity contribution is 6.39. The Morgan fingerprint density at radius 3 is 2.31 bits per heavy atom. The number of ether oxygens (including phenoxy) is 2. The van der Waals surface area contributed by atoms with Crippen LogP contribution >= 0.6 is 11.6 Å². The summed E-state index contributed by atoms with van der Waals surface area (Å²) >= 11 is 5.78. The van der Waals surface area contributed by atoms with Crippen LogP contribution in [0.1, 0.15) is 15.9 Å². The van der Waals surface area contributed by atoms with Crippen LogP contribution in [0.2, 0.25) is 5.02 Å². The van der Waals surface area contributed by atoms with Gasteiger partial charge in [-0.3, -0.25) is 9.59 Å². The topological polar surface area (TPSA) is 106 Å². The van der Waals surface area contributed by atoms with Crippen molar-refractivity contribution >= 4 is 41.3 Å². The minimum absolute atomic E-state index is 0.293. The number of amides is 2. The van der Waals surface area contributed by atoms with E-state index in [1.54, 1.807) is 72.8 Å². The zero-order valence-electron chi connectivity index (χ0n) is 16.9. The maximum atomic E-state index is 12.3. The van der Waals surface area contributed by atoms with Crippen LogP contribution in [0.25, 0.3) is 0 Å². The molecule has 0 unspecified atom stereocenters. The fourth-order valence-electron chi connectivity index (χ4n) is 2.49. The monoisotopic (exact) mass is 451 g/mol. The summed E-state index contributed by atoms with van der Waals surface area (Å²) < 4.78 is 10.4. The summed E-state index contributed by atoms with van der Waals surface area (Å²) in [6, 6.07) is 19.3. The average Bonchev–Trinajstić information content (AvgIpc) is 2.80. The molecule has 0 saturated heterocycles. The third-order valence-electron chi connectivity index (χ3n) is 4.08. The lowest BCUT2D eigenvalue weighted by molar-refractivity contribution is -0.136. The van der Waals surface area contributed by atoms with Crippen LogP contribution in [-0.2, 0) is 9.59 Å². The Bertz CT molecular complexity index is 1150. The number of nitrogens with zero attached hydrogens (tertiary/aromatic N) is 1. The lowest BCUT2D eigenvalue weighted by Crippen LogP contribution is -2.32. The highest BCUT2D eigenvalue weighted by Crippen LogP contribution is 2.17. The van der Waals surface area contributed by atoms with Gasteiger partial charge in [0.05, 0.1) is 18.9 Å². The maximum absolute atomic E-state index is 12.3. The molecule has 0 aromatic heterocycles. The van der Waals surface area contributed by atoms with Crippen molar-refractivity contribution in [2.45, 2.75) is 0 Å². The molecule has 0 aliphatic carbocycles. The summed E-state index contributed by atoms with van der Waals surface area (Å²) in [6.45, 7) is 0. The molecule has 0 saturated carbocycles. The van der Waals surface area contributed by atoms with E-state index in [1.807, 2.05) is 0 Å². The highest BCUT2D eigenvalue weighted by Gasteiger charge is 2.13. The molecule has 8 nitrogen and oxygen atoms in total. The first-order valence-electron chi connectivity index (χ1n) is 9.31. The van der Waals surface area contributed by atoms with Gasteiger partial charge in [-0.25, -0.2) is 10.2 Å². The van der Waals surface area contributed by atoms with E-state index in [2.05, 4.69) is 15.8 Å². The van der Waals surface area contributed by atoms with E-state index >= 15 is 0 Å². The van der Waals surface area contributed by atoms with Gasteiger partial charge in [-0.15, -0.1) is 0 Å². The van der Waals surface area contributed by atoms with Crippen molar-refractivity contribution in [3.63, 3.8) is 0 Å². The molecule has 3 rings (SSSR count). The molecular formula is C23H18ClN3O5. The molecule has 2 amide bonds. The molecule has 3 aromatic rings. The SMILES string of the molecule is COc1ccc(C(=O)Oc2cccc(C=NNC(=O)C(=O)Nc3ccc(Cl)cc3)c2)cc1. The van der Waals surface area contributed by atoms with Crippen molar-refractivity contribution in [1.29, 1.82) is 0 Å². The van der Waals surface area contributed by atoms with Gasteiger partial charge in [0.2, 0.25) is 0 Å². The Balaban J connectivity index is 1.55. The second-order valence-corrected chi connectivity index (χ2v) is 6.79. The van der Waals surface area contributed by atoms with Crippen molar-refractivity contribution in [2.24, 2.45) is 5.10 Å². The number of halogens is 1. The number of rotatable bonds is 6. The lowest BCUT2D eigenvalue weighted by atomic mass is 10.2. The van der Waals surface area contributed by atoms with Gasteiger partial charge in [0.1, 0.15) is 11.5 Å². The zero-order valence-corrected chi connectivity index (χ0v) is 17.6. The minimum atomic E-state index is -0.946. The van der Waals surface area contributed by atoms with E-state index in [9.17, 15) is 14.4 Å². The molecular weight excluding hydrogens is 434 g/mol. The number of carbonyl (C=O) groups excluding carboxylic acids is 3. The molecule has 3 aromatic carbocycles.